The zero-order valence-electron chi connectivity index (χ0n) is 7.31. The van der Waals surface area contributed by atoms with Crippen LogP contribution in [0, 0.1) is 0 Å². The number of hydrogen-bond acceptors (Lipinski definition) is 3. The molecule has 0 heterocycles. The summed E-state index contributed by atoms with van der Waals surface area (Å²) < 4.78 is 27.0. The van der Waals surface area contributed by atoms with Gasteiger partial charge >= 0.3 is 0 Å². The van der Waals surface area contributed by atoms with Crippen molar-refractivity contribution in [3.8, 4) is 5.75 Å². The molecule has 0 saturated heterocycles. The Morgan fingerprint density at radius 3 is 2.79 bits per heavy atom. The van der Waals surface area contributed by atoms with Crippen molar-refractivity contribution < 1.29 is 13.2 Å². The van der Waals surface area contributed by atoms with Gasteiger partial charge < -0.3 is 4.74 Å². The van der Waals surface area contributed by atoms with E-state index in [9.17, 15) is 8.42 Å². The minimum absolute atomic E-state index is 0.0285. The first-order valence-corrected chi connectivity index (χ1v) is 6.13. The summed E-state index contributed by atoms with van der Waals surface area (Å²) in [6.07, 6.45) is 1.57. The standard InChI is InChI=1S/C9H9ClO3S/c1-2-6-13-8-4-3-5-9(7-8)14(10,11)12/h2-5,7H,1,6H2. The third kappa shape index (κ3) is 3.05. The smallest absolute Gasteiger partial charge is 0.261 e. The van der Waals surface area contributed by atoms with Gasteiger partial charge in [0.25, 0.3) is 9.05 Å². The molecule has 0 saturated carbocycles. The fraction of sp³-hybridized carbons (Fsp3) is 0.111. The van der Waals surface area contributed by atoms with Crippen LogP contribution >= 0.6 is 10.7 Å². The quantitative estimate of drug-likeness (QED) is 0.590. The molecule has 0 atom stereocenters. The molecule has 0 unspecified atom stereocenters. The summed E-state index contributed by atoms with van der Waals surface area (Å²) in [7, 11) is 1.48. The van der Waals surface area contributed by atoms with E-state index in [0.29, 0.717) is 12.4 Å². The van der Waals surface area contributed by atoms with Crippen LogP contribution in [-0.4, -0.2) is 15.0 Å². The Balaban J connectivity index is 2.95. The predicted octanol–water partition coefficient (Wildman–Crippen LogP) is 2.18. The van der Waals surface area contributed by atoms with Gasteiger partial charge in [-0.1, -0.05) is 18.7 Å². The zero-order chi connectivity index (χ0) is 10.6. The van der Waals surface area contributed by atoms with E-state index in [1.165, 1.54) is 12.1 Å². The fourth-order valence-electron chi connectivity index (χ4n) is 0.871. The van der Waals surface area contributed by atoms with Gasteiger partial charge in [0.2, 0.25) is 0 Å². The van der Waals surface area contributed by atoms with Crippen molar-refractivity contribution in [2.24, 2.45) is 0 Å². The van der Waals surface area contributed by atoms with Crippen LogP contribution in [0.4, 0.5) is 0 Å². The summed E-state index contributed by atoms with van der Waals surface area (Å²) in [5.74, 6) is 0.451. The van der Waals surface area contributed by atoms with Crippen LogP contribution in [-0.2, 0) is 9.05 Å². The molecule has 0 spiro atoms. The number of halogens is 1. The highest BCUT2D eigenvalue weighted by molar-refractivity contribution is 8.13. The van der Waals surface area contributed by atoms with Gasteiger partial charge in [-0.25, -0.2) is 8.42 Å². The van der Waals surface area contributed by atoms with E-state index in [1.54, 1.807) is 18.2 Å². The molecule has 0 fully saturated rings. The first kappa shape index (κ1) is 11.1. The molecule has 76 valence electrons. The summed E-state index contributed by atoms with van der Waals surface area (Å²) in [6, 6.07) is 5.98. The third-order valence-electron chi connectivity index (χ3n) is 1.45. The highest BCUT2D eigenvalue weighted by Crippen LogP contribution is 2.20. The van der Waals surface area contributed by atoms with Crippen molar-refractivity contribution in [2.45, 2.75) is 4.90 Å². The number of rotatable bonds is 4. The highest BCUT2D eigenvalue weighted by Gasteiger charge is 2.09. The summed E-state index contributed by atoms with van der Waals surface area (Å²) in [5, 5.41) is 0. The highest BCUT2D eigenvalue weighted by atomic mass is 35.7. The molecule has 0 N–H and O–H groups in total. The van der Waals surface area contributed by atoms with Crippen LogP contribution in [0.2, 0.25) is 0 Å². The van der Waals surface area contributed by atoms with Crippen LogP contribution in [0.1, 0.15) is 0 Å². The summed E-state index contributed by atoms with van der Waals surface area (Å²) in [4.78, 5) is 0.0285. The lowest BCUT2D eigenvalue weighted by Crippen LogP contribution is -1.95. The molecule has 1 aromatic rings. The second-order valence-electron chi connectivity index (χ2n) is 2.51. The van der Waals surface area contributed by atoms with Gasteiger partial charge in [0, 0.05) is 16.7 Å². The third-order valence-corrected chi connectivity index (χ3v) is 2.81. The van der Waals surface area contributed by atoms with Gasteiger partial charge in [0.1, 0.15) is 12.4 Å². The minimum atomic E-state index is -3.68. The van der Waals surface area contributed by atoms with E-state index in [1.807, 2.05) is 0 Å². The molecule has 1 rings (SSSR count). The van der Waals surface area contributed by atoms with Crippen LogP contribution in [0.3, 0.4) is 0 Å². The first-order chi connectivity index (χ1) is 6.54. The van der Waals surface area contributed by atoms with Gasteiger partial charge in [-0.05, 0) is 12.1 Å². The molecule has 0 radical (unpaired) electrons. The minimum Gasteiger partial charge on any atom is -0.490 e. The molecular weight excluding hydrogens is 224 g/mol. The number of hydrogen-bond donors (Lipinski definition) is 0. The van der Waals surface area contributed by atoms with E-state index in [4.69, 9.17) is 15.4 Å². The van der Waals surface area contributed by atoms with Crippen molar-refractivity contribution in [2.75, 3.05) is 6.61 Å². The maximum absolute atomic E-state index is 10.9. The van der Waals surface area contributed by atoms with E-state index in [-0.39, 0.29) is 4.90 Å². The Bertz CT molecular complexity index is 425. The van der Waals surface area contributed by atoms with E-state index >= 15 is 0 Å². The van der Waals surface area contributed by atoms with Crippen molar-refractivity contribution in [3.05, 3.63) is 36.9 Å². The lowest BCUT2D eigenvalue weighted by atomic mass is 10.3. The first-order valence-electron chi connectivity index (χ1n) is 3.82. The molecule has 1 aromatic carbocycles. The monoisotopic (exact) mass is 232 g/mol. The Morgan fingerprint density at radius 2 is 2.21 bits per heavy atom. The number of ether oxygens (including phenoxy) is 1. The molecule has 3 nitrogen and oxygen atoms in total. The normalized spacial score (nSPS) is 10.9. The van der Waals surface area contributed by atoms with Gasteiger partial charge in [-0.15, -0.1) is 0 Å². The Morgan fingerprint density at radius 1 is 1.50 bits per heavy atom. The van der Waals surface area contributed by atoms with E-state index < -0.39 is 9.05 Å². The molecule has 14 heavy (non-hydrogen) atoms. The largest absolute Gasteiger partial charge is 0.490 e. The average molecular weight is 233 g/mol. The van der Waals surface area contributed by atoms with Crippen LogP contribution < -0.4 is 4.74 Å². The Hall–Kier alpha value is -1.00. The Labute approximate surface area is 87.4 Å². The molecule has 0 aliphatic carbocycles. The van der Waals surface area contributed by atoms with Crippen LogP contribution in [0.25, 0.3) is 0 Å². The lowest BCUT2D eigenvalue weighted by Gasteiger charge is -2.03. The predicted molar refractivity (Wildman–Crippen MR) is 55.2 cm³/mol. The molecule has 0 aliphatic rings. The topological polar surface area (TPSA) is 43.4 Å². The second-order valence-corrected chi connectivity index (χ2v) is 5.08. The van der Waals surface area contributed by atoms with Crippen molar-refractivity contribution >= 4 is 19.7 Å². The molecule has 0 bridgehead atoms. The van der Waals surface area contributed by atoms with Gasteiger partial charge in [0.05, 0.1) is 4.90 Å². The maximum Gasteiger partial charge on any atom is 0.261 e. The van der Waals surface area contributed by atoms with Gasteiger partial charge in [-0.3, -0.25) is 0 Å². The lowest BCUT2D eigenvalue weighted by molar-refractivity contribution is 0.362. The van der Waals surface area contributed by atoms with Gasteiger partial charge in [0.15, 0.2) is 0 Å². The number of benzene rings is 1. The fourth-order valence-corrected chi connectivity index (χ4v) is 1.66. The zero-order valence-corrected chi connectivity index (χ0v) is 8.88. The summed E-state index contributed by atoms with van der Waals surface area (Å²) in [5.41, 5.74) is 0. The van der Waals surface area contributed by atoms with E-state index in [2.05, 4.69) is 6.58 Å². The summed E-state index contributed by atoms with van der Waals surface area (Å²) in [6.45, 7) is 3.80. The molecular formula is C9H9ClO3S. The Kier molecular flexibility index (Phi) is 3.55. The maximum atomic E-state index is 10.9. The van der Waals surface area contributed by atoms with Crippen molar-refractivity contribution in [1.29, 1.82) is 0 Å². The molecule has 0 aromatic heterocycles. The van der Waals surface area contributed by atoms with Crippen LogP contribution in [0.15, 0.2) is 41.8 Å². The second kappa shape index (κ2) is 4.48. The van der Waals surface area contributed by atoms with Crippen molar-refractivity contribution in [1.82, 2.24) is 0 Å². The summed E-state index contributed by atoms with van der Waals surface area (Å²) >= 11 is 0. The molecule has 0 aliphatic heterocycles. The average Bonchev–Trinajstić information content (AvgIpc) is 2.14. The SMILES string of the molecule is C=CCOc1cccc(S(=O)(=O)Cl)c1. The van der Waals surface area contributed by atoms with Gasteiger partial charge in [-0.2, -0.15) is 0 Å². The molecule has 0 amide bonds. The van der Waals surface area contributed by atoms with Crippen LogP contribution in [0.5, 0.6) is 5.75 Å². The van der Waals surface area contributed by atoms with Crippen molar-refractivity contribution in [3.63, 3.8) is 0 Å². The van der Waals surface area contributed by atoms with E-state index in [0.717, 1.165) is 0 Å². The molecule has 5 heteroatoms.